The summed E-state index contributed by atoms with van der Waals surface area (Å²) in [5, 5.41) is 12.1. The Morgan fingerprint density at radius 2 is 1.89 bits per heavy atom. The zero-order chi connectivity index (χ0) is 18.7. The zero-order valence-corrected chi connectivity index (χ0v) is 14.4. The van der Waals surface area contributed by atoms with E-state index in [4.69, 9.17) is 11.6 Å². The number of H-pyrrole nitrogens is 2. The van der Waals surface area contributed by atoms with Crippen LogP contribution in [0.3, 0.4) is 0 Å². The lowest BCUT2D eigenvalue weighted by atomic mass is 10.0. The molecule has 132 valence electrons. The number of aromatic nitrogens is 3. The SMILES string of the molecule is O=c1[nH]ccc2c3[nH]c(-c4ccc(O)cc4Cl)nc3c3ccc(F)cc3c12. The molecule has 0 aliphatic carbocycles. The Kier molecular flexibility index (Phi) is 3.26. The molecule has 0 amide bonds. The summed E-state index contributed by atoms with van der Waals surface area (Å²) >= 11 is 6.25. The molecular weight excluding hydrogens is 369 g/mol. The summed E-state index contributed by atoms with van der Waals surface area (Å²) in [5.41, 5.74) is 1.58. The van der Waals surface area contributed by atoms with E-state index in [1.165, 1.54) is 24.3 Å². The van der Waals surface area contributed by atoms with Crippen LogP contribution in [0.5, 0.6) is 5.75 Å². The van der Waals surface area contributed by atoms with Gasteiger partial charge in [-0.3, -0.25) is 4.79 Å². The lowest BCUT2D eigenvalue weighted by Gasteiger charge is -2.05. The average molecular weight is 380 g/mol. The van der Waals surface area contributed by atoms with E-state index in [1.54, 1.807) is 24.4 Å². The molecule has 0 aliphatic heterocycles. The van der Waals surface area contributed by atoms with E-state index in [2.05, 4.69) is 15.0 Å². The standard InChI is InChI=1S/C20H11ClFN3O2/c21-15-8-10(26)2-4-12(15)19-24-17-11-3-1-9(22)7-14(11)16-13(18(17)25-19)5-6-23-20(16)27/h1-8,26H,(H,23,27)(H,24,25). The highest BCUT2D eigenvalue weighted by Crippen LogP contribution is 2.36. The largest absolute Gasteiger partial charge is 0.508 e. The Bertz CT molecular complexity index is 1440. The minimum atomic E-state index is -0.427. The van der Waals surface area contributed by atoms with Crippen molar-refractivity contribution >= 4 is 44.2 Å². The molecule has 0 spiro atoms. The molecule has 3 N–H and O–H groups in total. The van der Waals surface area contributed by atoms with Crippen LogP contribution in [0.15, 0.2) is 53.5 Å². The van der Waals surface area contributed by atoms with Gasteiger partial charge in [-0.2, -0.15) is 0 Å². The van der Waals surface area contributed by atoms with Crippen LogP contribution < -0.4 is 5.56 Å². The van der Waals surface area contributed by atoms with Gasteiger partial charge in [0.25, 0.3) is 5.56 Å². The highest BCUT2D eigenvalue weighted by molar-refractivity contribution is 6.33. The maximum Gasteiger partial charge on any atom is 0.256 e. The summed E-state index contributed by atoms with van der Waals surface area (Å²) in [4.78, 5) is 23.0. The minimum absolute atomic E-state index is 0.0535. The van der Waals surface area contributed by atoms with Gasteiger partial charge in [-0.05, 0) is 42.5 Å². The Hall–Kier alpha value is -3.38. The number of imidazole rings is 1. The first kappa shape index (κ1) is 15.8. The molecule has 0 radical (unpaired) electrons. The first-order valence-corrected chi connectivity index (χ1v) is 8.52. The summed E-state index contributed by atoms with van der Waals surface area (Å²) in [5.74, 6) is 0.120. The second-order valence-corrected chi connectivity index (χ2v) is 6.67. The maximum absolute atomic E-state index is 13.9. The molecule has 2 aromatic heterocycles. The van der Waals surface area contributed by atoms with Crippen molar-refractivity contribution in [2.45, 2.75) is 0 Å². The summed E-state index contributed by atoms with van der Waals surface area (Å²) < 4.78 is 13.9. The van der Waals surface area contributed by atoms with Crippen molar-refractivity contribution in [3.05, 3.63) is 69.9 Å². The van der Waals surface area contributed by atoms with Crippen LogP contribution in [0, 0.1) is 5.82 Å². The van der Waals surface area contributed by atoms with E-state index in [0.717, 1.165) is 0 Å². The second kappa shape index (κ2) is 5.56. The van der Waals surface area contributed by atoms with E-state index >= 15 is 0 Å². The fourth-order valence-corrected chi connectivity index (χ4v) is 3.74. The smallest absolute Gasteiger partial charge is 0.256 e. The van der Waals surface area contributed by atoms with E-state index in [0.29, 0.717) is 49.0 Å². The number of aromatic amines is 2. The van der Waals surface area contributed by atoms with Crippen LogP contribution in [-0.4, -0.2) is 20.1 Å². The van der Waals surface area contributed by atoms with Crippen LogP contribution >= 0.6 is 11.6 Å². The minimum Gasteiger partial charge on any atom is -0.508 e. The number of hydrogen-bond acceptors (Lipinski definition) is 3. The predicted octanol–water partition coefficient (Wildman–Crippen LogP) is 4.72. The van der Waals surface area contributed by atoms with Crippen LogP contribution in [0.1, 0.15) is 0 Å². The van der Waals surface area contributed by atoms with Crippen LogP contribution in [0.4, 0.5) is 4.39 Å². The summed E-state index contributed by atoms with van der Waals surface area (Å²) in [6.45, 7) is 0. The molecular formula is C20H11ClFN3O2. The zero-order valence-electron chi connectivity index (χ0n) is 13.7. The summed E-state index contributed by atoms with van der Waals surface area (Å²) in [6, 6.07) is 10.7. The van der Waals surface area contributed by atoms with Gasteiger partial charge in [0, 0.05) is 27.9 Å². The van der Waals surface area contributed by atoms with Gasteiger partial charge in [-0.1, -0.05) is 11.6 Å². The molecule has 0 saturated heterocycles. The van der Waals surface area contributed by atoms with E-state index < -0.39 is 5.82 Å². The summed E-state index contributed by atoms with van der Waals surface area (Å²) in [7, 11) is 0. The fraction of sp³-hybridized carbons (Fsp3) is 0. The third-order valence-corrected chi connectivity index (χ3v) is 4.96. The van der Waals surface area contributed by atoms with Crippen molar-refractivity contribution in [2.75, 3.05) is 0 Å². The number of phenols is 1. The number of fused-ring (bicyclic) bond motifs is 6. The summed E-state index contributed by atoms with van der Waals surface area (Å²) in [6.07, 6.45) is 1.54. The lowest BCUT2D eigenvalue weighted by molar-refractivity contribution is 0.475. The van der Waals surface area contributed by atoms with Gasteiger partial charge in [0.1, 0.15) is 17.4 Å². The Balaban J connectivity index is 1.98. The number of halogens is 2. The molecule has 2 heterocycles. The third-order valence-electron chi connectivity index (χ3n) is 4.65. The molecule has 3 aromatic carbocycles. The molecule has 0 fully saturated rings. The van der Waals surface area contributed by atoms with Crippen LogP contribution in [0.2, 0.25) is 5.02 Å². The third kappa shape index (κ3) is 2.30. The van der Waals surface area contributed by atoms with Crippen molar-refractivity contribution in [1.82, 2.24) is 15.0 Å². The first-order valence-electron chi connectivity index (χ1n) is 8.14. The van der Waals surface area contributed by atoms with Crippen LogP contribution in [-0.2, 0) is 0 Å². The predicted molar refractivity (Wildman–Crippen MR) is 104 cm³/mol. The van der Waals surface area contributed by atoms with E-state index in [-0.39, 0.29) is 11.3 Å². The number of nitrogens with one attached hydrogen (secondary N) is 2. The van der Waals surface area contributed by atoms with Crippen molar-refractivity contribution in [2.24, 2.45) is 0 Å². The second-order valence-electron chi connectivity index (χ2n) is 6.26. The van der Waals surface area contributed by atoms with Crippen LogP contribution in [0.25, 0.3) is 44.0 Å². The number of pyridine rings is 1. The maximum atomic E-state index is 13.9. The highest BCUT2D eigenvalue weighted by Gasteiger charge is 2.17. The van der Waals surface area contributed by atoms with Gasteiger partial charge in [0.05, 0.1) is 21.4 Å². The number of aromatic hydroxyl groups is 1. The molecule has 5 nitrogen and oxygen atoms in total. The number of rotatable bonds is 1. The molecule has 27 heavy (non-hydrogen) atoms. The van der Waals surface area contributed by atoms with Gasteiger partial charge in [0.2, 0.25) is 0 Å². The van der Waals surface area contributed by atoms with E-state index in [1.807, 2.05) is 0 Å². The number of benzene rings is 3. The molecule has 0 atom stereocenters. The van der Waals surface area contributed by atoms with Gasteiger partial charge in [-0.25, -0.2) is 9.37 Å². The number of hydrogen-bond donors (Lipinski definition) is 3. The molecule has 7 heteroatoms. The molecule has 0 saturated carbocycles. The monoisotopic (exact) mass is 379 g/mol. The first-order chi connectivity index (χ1) is 13.0. The molecule has 5 rings (SSSR count). The van der Waals surface area contributed by atoms with E-state index in [9.17, 15) is 14.3 Å². The number of phenolic OH excluding ortho intramolecular Hbond substituents is 1. The fourth-order valence-electron chi connectivity index (χ4n) is 3.47. The van der Waals surface area contributed by atoms with Crippen molar-refractivity contribution < 1.29 is 9.50 Å². The topological polar surface area (TPSA) is 81.8 Å². The van der Waals surface area contributed by atoms with Gasteiger partial charge >= 0.3 is 0 Å². The lowest BCUT2D eigenvalue weighted by Crippen LogP contribution is -2.05. The number of nitrogens with zero attached hydrogens (tertiary/aromatic N) is 1. The van der Waals surface area contributed by atoms with Gasteiger partial charge in [-0.15, -0.1) is 0 Å². The normalized spacial score (nSPS) is 11.6. The highest BCUT2D eigenvalue weighted by atomic mass is 35.5. The van der Waals surface area contributed by atoms with Gasteiger partial charge in [0.15, 0.2) is 0 Å². The van der Waals surface area contributed by atoms with Gasteiger partial charge < -0.3 is 15.1 Å². The van der Waals surface area contributed by atoms with Crippen molar-refractivity contribution in [1.29, 1.82) is 0 Å². The molecule has 0 bridgehead atoms. The molecule has 0 unspecified atom stereocenters. The molecule has 5 aromatic rings. The van der Waals surface area contributed by atoms with Crippen molar-refractivity contribution in [3.63, 3.8) is 0 Å². The van der Waals surface area contributed by atoms with Crippen molar-refractivity contribution in [3.8, 4) is 17.1 Å². The molecule has 0 aliphatic rings. The Labute approximate surface area is 156 Å². The average Bonchev–Trinajstić information content (AvgIpc) is 3.07. The Morgan fingerprint density at radius 3 is 2.70 bits per heavy atom. The quantitative estimate of drug-likeness (QED) is 0.368. The Morgan fingerprint density at radius 1 is 1.04 bits per heavy atom.